The number of hydrogen-bond donors (Lipinski definition) is 2. The lowest BCUT2D eigenvalue weighted by Gasteiger charge is -2.58. The molecular weight excluding hydrogens is 436 g/mol. The molecule has 0 aromatic heterocycles. The summed E-state index contributed by atoms with van der Waals surface area (Å²) in [4.78, 5) is 26.8. The molecule has 0 aromatic carbocycles. The fourth-order valence-corrected chi connectivity index (χ4v) is 9.73. The minimum absolute atomic E-state index is 0.0367. The summed E-state index contributed by atoms with van der Waals surface area (Å²) in [6.45, 7) is 8.81. The van der Waals surface area contributed by atoms with Crippen LogP contribution in [0.5, 0.6) is 0 Å². The van der Waals surface area contributed by atoms with Crippen LogP contribution in [0.1, 0.15) is 91.4 Å². The highest BCUT2D eigenvalue weighted by atomic mass is 16.3. The van der Waals surface area contributed by atoms with Crippen LogP contribution in [-0.4, -0.2) is 48.1 Å². The van der Waals surface area contributed by atoms with E-state index in [1.807, 2.05) is 4.90 Å². The van der Waals surface area contributed by atoms with Crippen LogP contribution < -0.4 is 5.32 Å². The van der Waals surface area contributed by atoms with Crippen LogP contribution in [0.4, 0.5) is 0 Å². The van der Waals surface area contributed by atoms with Crippen LogP contribution in [0.15, 0.2) is 11.6 Å². The topological polar surface area (TPSA) is 69.6 Å². The Kier molecular flexibility index (Phi) is 6.87. The SMILES string of the molecule is CNC(=O)[C@H]1CCN(C(=O)CCC(C)[C@H]2CC[C@H]3[C@@H]4CC=C5C[C@@H](O)CC[C@]5(C)[C@H]4CC[C@]23C)C1. The molecule has 5 nitrogen and oxygen atoms in total. The summed E-state index contributed by atoms with van der Waals surface area (Å²) < 4.78 is 0. The number of fused-ring (bicyclic) bond motifs is 5. The minimum atomic E-state index is -0.130. The van der Waals surface area contributed by atoms with Crippen molar-refractivity contribution in [3.05, 3.63) is 11.6 Å². The predicted octanol–water partition coefficient (Wildman–Crippen LogP) is 4.94. The first-order chi connectivity index (χ1) is 16.7. The van der Waals surface area contributed by atoms with E-state index in [-0.39, 0.29) is 23.8 Å². The highest BCUT2D eigenvalue weighted by molar-refractivity contribution is 5.81. The van der Waals surface area contributed by atoms with Crippen LogP contribution in [0.2, 0.25) is 0 Å². The lowest BCUT2D eigenvalue weighted by Crippen LogP contribution is -2.50. The second kappa shape index (κ2) is 9.50. The van der Waals surface area contributed by atoms with Gasteiger partial charge < -0.3 is 15.3 Å². The minimum Gasteiger partial charge on any atom is -0.393 e. The monoisotopic (exact) mass is 484 g/mol. The third-order valence-corrected chi connectivity index (χ3v) is 11.8. The van der Waals surface area contributed by atoms with Gasteiger partial charge >= 0.3 is 0 Å². The van der Waals surface area contributed by atoms with Crippen molar-refractivity contribution in [3.63, 3.8) is 0 Å². The van der Waals surface area contributed by atoms with Gasteiger partial charge in [-0.05, 0) is 105 Å². The molecule has 35 heavy (non-hydrogen) atoms. The van der Waals surface area contributed by atoms with Crippen LogP contribution in [0.25, 0.3) is 0 Å². The number of hydrogen-bond acceptors (Lipinski definition) is 3. The van der Waals surface area contributed by atoms with Gasteiger partial charge in [-0.3, -0.25) is 9.59 Å². The number of aliphatic hydroxyl groups is 1. The smallest absolute Gasteiger partial charge is 0.224 e. The van der Waals surface area contributed by atoms with Crippen molar-refractivity contribution in [2.24, 2.45) is 46.3 Å². The highest BCUT2D eigenvalue weighted by Crippen LogP contribution is 2.67. The number of rotatable bonds is 5. The molecule has 1 saturated heterocycles. The Morgan fingerprint density at radius 3 is 2.71 bits per heavy atom. The number of carbonyl (C=O) groups is 2. The Morgan fingerprint density at radius 2 is 1.94 bits per heavy atom. The maximum Gasteiger partial charge on any atom is 0.224 e. The molecule has 5 aliphatic rings. The first-order valence-electron chi connectivity index (χ1n) is 14.5. The Morgan fingerprint density at radius 1 is 1.14 bits per heavy atom. The summed E-state index contributed by atoms with van der Waals surface area (Å²) in [5.41, 5.74) is 2.27. The fraction of sp³-hybridized carbons (Fsp3) is 0.867. The van der Waals surface area contributed by atoms with Crippen molar-refractivity contribution in [2.75, 3.05) is 20.1 Å². The Hall–Kier alpha value is -1.36. The third kappa shape index (κ3) is 4.28. The normalized spacial score (nSPS) is 43.6. The average molecular weight is 485 g/mol. The van der Waals surface area contributed by atoms with E-state index in [1.165, 1.54) is 32.1 Å². The Bertz CT molecular complexity index is 870. The molecular formula is C30H48N2O3. The molecule has 0 bridgehead atoms. The molecule has 5 heteroatoms. The zero-order valence-electron chi connectivity index (χ0n) is 22.5. The quantitative estimate of drug-likeness (QED) is 0.543. The number of nitrogens with one attached hydrogen (secondary N) is 1. The molecule has 3 saturated carbocycles. The molecule has 1 heterocycles. The van der Waals surface area contributed by atoms with E-state index >= 15 is 0 Å². The van der Waals surface area contributed by atoms with E-state index in [4.69, 9.17) is 0 Å². The first kappa shape index (κ1) is 25.3. The van der Waals surface area contributed by atoms with Gasteiger partial charge in [0, 0.05) is 26.6 Å². The summed E-state index contributed by atoms with van der Waals surface area (Å²) in [6, 6.07) is 0. The first-order valence-corrected chi connectivity index (χ1v) is 14.5. The molecule has 4 fully saturated rings. The van der Waals surface area contributed by atoms with Crippen molar-refractivity contribution in [1.29, 1.82) is 0 Å². The van der Waals surface area contributed by atoms with Crippen molar-refractivity contribution < 1.29 is 14.7 Å². The predicted molar refractivity (Wildman–Crippen MR) is 138 cm³/mol. The van der Waals surface area contributed by atoms with Crippen LogP contribution in [0, 0.1) is 46.3 Å². The van der Waals surface area contributed by atoms with Crippen molar-refractivity contribution in [1.82, 2.24) is 10.2 Å². The second-order valence-electron chi connectivity index (χ2n) is 13.3. The summed E-state index contributed by atoms with van der Waals surface area (Å²) in [6.07, 6.45) is 14.3. The van der Waals surface area contributed by atoms with E-state index in [1.54, 1.807) is 12.6 Å². The molecule has 1 unspecified atom stereocenters. The van der Waals surface area contributed by atoms with Crippen LogP contribution in [-0.2, 0) is 9.59 Å². The largest absolute Gasteiger partial charge is 0.393 e. The summed E-state index contributed by atoms with van der Waals surface area (Å²) in [5.74, 6) is 3.93. The van der Waals surface area contributed by atoms with Gasteiger partial charge in [-0.25, -0.2) is 0 Å². The van der Waals surface area contributed by atoms with Gasteiger partial charge in [-0.15, -0.1) is 0 Å². The molecule has 0 radical (unpaired) electrons. The second-order valence-corrected chi connectivity index (χ2v) is 13.3. The van der Waals surface area contributed by atoms with Gasteiger partial charge in [0.1, 0.15) is 0 Å². The van der Waals surface area contributed by atoms with Gasteiger partial charge in [-0.2, -0.15) is 0 Å². The number of aliphatic hydroxyl groups excluding tert-OH is 1. The van der Waals surface area contributed by atoms with Gasteiger partial charge in [0.15, 0.2) is 0 Å². The van der Waals surface area contributed by atoms with Crippen LogP contribution in [0.3, 0.4) is 0 Å². The van der Waals surface area contributed by atoms with Gasteiger partial charge in [-0.1, -0.05) is 32.4 Å². The van der Waals surface area contributed by atoms with E-state index in [0.29, 0.717) is 35.6 Å². The molecule has 1 aliphatic heterocycles. The maximum absolute atomic E-state index is 12.9. The van der Waals surface area contributed by atoms with Gasteiger partial charge in [0.25, 0.3) is 0 Å². The molecule has 2 amide bonds. The lowest BCUT2D eigenvalue weighted by atomic mass is 9.47. The molecule has 2 N–H and O–H groups in total. The number of amides is 2. The maximum atomic E-state index is 12.9. The zero-order valence-corrected chi connectivity index (χ0v) is 22.5. The Labute approximate surface area is 212 Å². The standard InChI is InChI=1S/C30H48N2O3/c1-19(5-10-27(34)32-16-13-20(18-32)28(35)31-4)24-8-9-25-23-7-6-21-17-22(33)11-14-29(21,2)26(23)12-15-30(24,25)3/h6,19-20,22-26,33H,5,7-18H2,1-4H3,(H,31,35)/t19?,20-,22-,23-,24+,25-,26-,29-,30+/m0/s1. The van der Waals surface area contributed by atoms with Crippen molar-refractivity contribution in [3.8, 4) is 0 Å². The molecule has 9 atom stereocenters. The number of nitrogens with zero attached hydrogens (tertiary/aromatic N) is 1. The summed E-state index contributed by atoms with van der Waals surface area (Å²) in [5, 5.41) is 13.0. The fourth-order valence-electron chi connectivity index (χ4n) is 9.73. The van der Waals surface area contributed by atoms with Crippen molar-refractivity contribution in [2.45, 2.75) is 97.5 Å². The zero-order chi connectivity index (χ0) is 25.0. The van der Waals surface area contributed by atoms with E-state index in [2.05, 4.69) is 32.2 Å². The molecule has 4 aliphatic carbocycles. The summed E-state index contributed by atoms with van der Waals surface area (Å²) in [7, 11) is 1.68. The number of carbonyl (C=O) groups excluding carboxylic acids is 2. The van der Waals surface area contributed by atoms with E-state index < -0.39 is 0 Å². The highest BCUT2D eigenvalue weighted by Gasteiger charge is 2.59. The van der Waals surface area contributed by atoms with E-state index in [0.717, 1.165) is 56.4 Å². The number of likely N-dealkylation sites (tertiary alicyclic amines) is 1. The van der Waals surface area contributed by atoms with Gasteiger partial charge in [0.2, 0.25) is 11.8 Å². The Balaban J connectivity index is 1.20. The van der Waals surface area contributed by atoms with Crippen LogP contribution >= 0.6 is 0 Å². The molecule has 0 spiro atoms. The average Bonchev–Trinajstić information content (AvgIpc) is 3.47. The summed E-state index contributed by atoms with van der Waals surface area (Å²) >= 11 is 0. The van der Waals surface area contributed by atoms with Gasteiger partial charge in [0.05, 0.1) is 12.0 Å². The molecule has 5 rings (SSSR count). The lowest BCUT2D eigenvalue weighted by molar-refractivity contribution is -0.131. The van der Waals surface area contributed by atoms with Crippen molar-refractivity contribution >= 4 is 11.8 Å². The third-order valence-electron chi connectivity index (χ3n) is 11.8. The van der Waals surface area contributed by atoms with E-state index in [9.17, 15) is 14.7 Å². The number of allylic oxidation sites excluding steroid dienone is 1. The molecule has 196 valence electrons. The molecule has 0 aromatic rings.